The van der Waals surface area contributed by atoms with Crippen LogP contribution in [-0.4, -0.2) is 32.3 Å². The number of para-hydroxylation sites is 1. The number of azo groups is 1. The van der Waals surface area contributed by atoms with E-state index in [0.29, 0.717) is 21.6 Å². The highest BCUT2D eigenvalue weighted by atomic mass is 35.5. The summed E-state index contributed by atoms with van der Waals surface area (Å²) in [5.41, 5.74) is 1.57. The molecule has 1 atom stereocenters. The predicted octanol–water partition coefficient (Wildman–Crippen LogP) is 4.64. The number of hydrogen-bond donors (Lipinski definition) is 3. The lowest BCUT2D eigenvalue weighted by Gasteiger charge is -2.07. The van der Waals surface area contributed by atoms with Crippen LogP contribution in [0.25, 0.3) is 10.9 Å². The van der Waals surface area contributed by atoms with Crippen LogP contribution in [0.5, 0.6) is 5.88 Å². The monoisotopic (exact) mass is 427 g/mol. The molecule has 4 rings (SSSR count). The Morgan fingerprint density at radius 2 is 1.97 bits per heavy atom. The number of anilines is 1. The van der Waals surface area contributed by atoms with Gasteiger partial charge in [-0.2, -0.15) is 4.99 Å². The minimum Gasteiger partial charge on any atom is -0.493 e. The molecule has 8 nitrogen and oxygen atoms in total. The summed E-state index contributed by atoms with van der Waals surface area (Å²) < 4.78 is 0. The summed E-state index contributed by atoms with van der Waals surface area (Å²) in [4.78, 5) is 30.9. The number of fused-ring (bicyclic) bond motifs is 1. The van der Waals surface area contributed by atoms with Crippen molar-refractivity contribution >= 4 is 62.6 Å². The van der Waals surface area contributed by atoms with E-state index in [1.165, 1.54) is 0 Å². The number of hydrogen-bond acceptors (Lipinski definition) is 6. The van der Waals surface area contributed by atoms with Crippen molar-refractivity contribution in [3.8, 4) is 5.88 Å². The fourth-order valence-corrected chi connectivity index (χ4v) is 3.77. The first kappa shape index (κ1) is 19.2. The lowest BCUT2D eigenvalue weighted by molar-refractivity contribution is -0.121. The van der Waals surface area contributed by atoms with Gasteiger partial charge in [-0.15, -0.1) is 10.2 Å². The molecule has 1 aliphatic heterocycles. The van der Waals surface area contributed by atoms with E-state index in [1.807, 2.05) is 12.1 Å². The lowest BCUT2D eigenvalue weighted by Crippen LogP contribution is -2.21. The Balaban J connectivity index is 1.40. The molecule has 0 spiro atoms. The van der Waals surface area contributed by atoms with Crippen LogP contribution < -0.4 is 5.32 Å². The standard InChI is InChI=1S/C19H14ClN5O3S/c20-10-5-7-11(8-6-10)21-15(26)9-14-17(27)23-19(29-14)25-24-16-12-3-1-2-4-13(12)22-18(16)28/h1-8,14,22,28H,9H2,(H,21,26)/t14-/m1/s1. The second-order valence-electron chi connectivity index (χ2n) is 6.17. The zero-order valence-electron chi connectivity index (χ0n) is 14.8. The van der Waals surface area contributed by atoms with Crippen LogP contribution in [0.15, 0.2) is 63.8 Å². The third kappa shape index (κ3) is 4.30. The zero-order valence-corrected chi connectivity index (χ0v) is 16.4. The molecule has 0 fully saturated rings. The summed E-state index contributed by atoms with van der Waals surface area (Å²) in [6, 6.07) is 13.9. The number of amidine groups is 1. The van der Waals surface area contributed by atoms with E-state index in [-0.39, 0.29) is 29.1 Å². The molecular weight excluding hydrogens is 414 g/mol. The molecule has 2 aromatic carbocycles. The van der Waals surface area contributed by atoms with Gasteiger partial charge in [-0.3, -0.25) is 9.59 Å². The molecular formula is C19H14ClN5O3S. The normalized spacial score (nSPS) is 16.5. The van der Waals surface area contributed by atoms with Crippen molar-refractivity contribution in [1.29, 1.82) is 0 Å². The zero-order chi connectivity index (χ0) is 20.4. The third-order valence-electron chi connectivity index (χ3n) is 4.12. The van der Waals surface area contributed by atoms with Gasteiger partial charge in [0.2, 0.25) is 17.0 Å². The van der Waals surface area contributed by atoms with E-state index in [1.54, 1.807) is 36.4 Å². The van der Waals surface area contributed by atoms with Crippen molar-refractivity contribution in [2.24, 2.45) is 15.2 Å². The number of nitrogens with zero attached hydrogens (tertiary/aromatic N) is 3. The molecule has 2 amide bonds. The number of rotatable bonds is 4. The summed E-state index contributed by atoms with van der Waals surface area (Å²) in [5.74, 6) is -0.886. The van der Waals surface area contributed by atoms with Crippen LogP contribution in [0.3, 0.4) is 0 Å². The van der Waals surface area contributed by atoms with E-state index >= 15 is 0 Å². The highest BCUT2D eigenvalue weighted by Gasteiger charge is 2.31. The maximum Gasteiger partial charge on any atom is 0.262 e. The number of carbonyl (C=O) groups excluding carboxylic acids is 2. The molecule has 0 aliphatic carbocycles. The fourth-order valence-electron chi connectivity index (χ4n) is 2.77. The molecule has 2 heterocycles. The van der Waals surface area contributed by atoms with Gasteiger partial charge in [0, 0.05) is 22.5 Å². The van der Waals surface area contributed by atoms with E-state index in [0.717, 1.165) is 11.8 Å². The average Bonchev–Trinajstić information content (AvgIpc) is 3.20. The first-order chi connectivity index (χ1) is 14.0. The van der Waals surface area contributed by atoms with Crippen LogP contribution in [0.1, 0.15) is 6.42 Å². The number of aliphatic imine (C=N–C) groups is 1. The first-order valence-electron chi connectivity index (χ1n) is 8.55. The van der Waals surface area contributed by atoms with Gasteiger partial charge in [0.05, 0.1) is 5.52 Å². The number of carbonyl (C=O) groups is 2. The van der Waals surface area contributed by atoms with E-state index in [9.17, 15) is 14.7 Å². The van der Waals surface area contributed by atoms with Crippen molar-refractivity contribution in [3.63, 3.8) is 0 Å². The second-order valence-corrected chi connectivity index (χ2v) is 7.77. The van der Waals surface area contributed by atoms with Gasteiger partial charge in [0.25, 0.3) is 5.91 Å². The van der Waals surface area contributed by atoms with Gasteiger partial charge in [-0.05, 0) is 30.3 Å². The van der Waals surface area contributed by atoms with E-state index < -0.39 is 11.2 Å². The van der Waals surface area contributed by atoms with Gasteiger partial charge in [-0.1, -0.05) is 41.6 Å². The van der Waals surface area contributed by atoms with E-state index in [4.69, 9.17) is 11.6 Å². The number of benzene rings is 2. The number of halogens is 1. The maximum absolute atomic E-state index is 12.2. The summed E-state index contributed by atoms with van der Waals surface area (Å²) >= 11 is 6.88. The number of aromatic nitrogens is 1. The average molecular weight is 428 g/mol. The molecule has 3 N–H and O–H groups in total. The molecule has 10 heteroatoms. The number of thioether (sulfide) groups is 1. The molecule has 0 unspecified atom stereocenters. The van der Waals surface area contributed by atoms with Crippen molar-refractivity contribution < 1.29 is 14.7 Å². The van der Waals surface area contributed by atoms with Gasteiger partial charge in [0.15, 0.2) is 5.69 Å². The van der Waals surface area contributed by atoms with Crippen molar-refractivity contribution in [1.82, 2.24) is 4.98 Å². The molecule has 0 saturated carbocycles. The van der Waals surface area contributed by atoms with Crippen LogP contribution >= 0.6 is 23.4 Å². The van der Waals surface area contributed by atoms with Crippen LogP contribution in [0, 0.1) is 0 Å². The Morgan fingerprint density at radius 1 is 1.21 bits per heavy atom. The van der Waals surface area contributed by atoms with Crippen LogP contribution in [0.2, 0.25) is 5.02 Å². The fraction of sp³-hybridized carbons (Fsp3) is 0.105. The van der Waals surface area contributed by atoms with Crippen LogP contribution in [-0.2, 0) is 9.59 Å². The molecule has 29 heavy (non-hydrogen) atoms. The molecule has 1 aliphatic rings. The quantitative estimate of drug-likeness (QED) is 0.525. The molecule has 146 valence electrons. The molecule has 3 aromatic rings. The highest BCUT2D eigenvalue weighted by molar-refractivity contribution is 8.15. The Labute approximate surface area is 174 Å². The summed E-state index contributed by atoms with van der Waals surface area (Å²) in [6.45, 7) is 0. The minimum atomic E-state index is -0.673. The number of nitrogens with one attached hydrogen (secondary N) is 2. The maximum atomic E-state index is 12.2. The third-order valence-corrected chi connectivity index (χ3v) is 5.41. The van der Waals surface area contributed by atoms with Crippen LogP contribution in [0.4, 0.5) is 11.4 Å². The number of aromatic hydroxyl groups is 1. The Morgan fingerprint density at radius 3 is 2.76 bits per heavy atom. The largest absolute Gasteiger partial charge is 0.493 e. The van der Waals surface area contributed by atoms with Crippen molar-refractivity contribution in [2.75, 3.05) is 5.32 Å². The minimum absolute atomic E-state index is 0.0486. The number of amides is 2. The predicted molar refractivity (Wildman–Crippen MR) is 113 cm³/mol. The number of H-pyrrole nitrogens is 1. The van der Waals surface area contributed by atoms with Gasteiger partial charge in [-0.25, -0.2) is 0 Å². The Kier molecular flexibility index (Phi) is 5.32. The van der Waals surface area contributed by atoms with Gasteiger partial charge >= 0.3 is 0 Å². The molecule has 0 saturated heterocycles. The summed E-state index contributed by atoms with van der Waals surface area (Å²) in [6.07, 6.45) is -0.0486. The van der Waals surface area contributed by atoms with Crippen molar-refractivity contribution in [3.05, 3.63) is 53.6 Å². The van der Waals surface area contributed by atoms with Gasteiger partial charge in [0.1, 0.15) is 5.25 Å². The molecule has 0 bridgehead atoms. The summed E-state index contributed by atoms with van der Waals surface area (Å²) in [7, 11) is 0. The first-order valence-corrected chi connectivity index (χ1v) is 9.81. The number of aromatic amines is 1. The smallest absolute Gasteiger partial charge is 0.262 e. The van der Waals surface area contributed by atoms with Crippen molar-refractivity contribution in [2.45, 2.75) is 11.7 Å². The van der Waals surface area contributed by atoms with Gasteiger partial charge < -0.3 is 15.4 Å². The molecule has 0 radical (unpaired) electrons. The lowest BCUT2D eigenvalue weighted by atomic mass is 10.2. The van der Waals surface area contributed by atoms with E-state index in [2.05, 4.69) is 25.5 Å². The topological polar surface area (TPSA) is 119 Å². The molecule has 1 aromatic heterocycles. The SMILES string of the molecule is O=C(C[C@H]1SC(N=Nc2c(O)[nH]c3ccccc23)=NC1=O)Nc1ccc(Cl)cc1. The Hall–Kier alpha value is -3.17. The second kappa shape index (κ2) is 8.06. The highest BCUT2D eigenvalue weighted by Crippen LogP contribution is 2.36. The Bertz CT molecular complexity index is 1160. The summed E-state index contributed by atoms with van der Waals surface area (Å²) in [5, 5.41) is 21.4.